The molecule has 142 valence electrons. The summed E-state index contributed by atoms with van der Waals surface area (Å²) in [5.74, 6) is -0.463. The first-order chi connectivity index (χ1) is 13.1. The van der Waals surface area contributed by atoms with Crippen LogP contribution in [-0.4, -0.2) is 36.3 Å². The van der Waals surface area contributed by atoms with E-state index in [2.05, 4.69) is 37.5 Å². The maximum Gasteiger partial charge on any atom is 0.251 e. The molecule has 1 aliphatic heterocycles. The van der Waals surface area contributed by atoms with Crippen molar-refractivity contribution in [3.63, 3.8) is 0 Å². The standard InChI is InChI=1S/C21H24BrN3O2/c22-19-9-5-8-16(12-19)21(27)24-14-20(26)23-13-17-6-1-2-7-18(17)15-25-10-3-4-11-25/h1-2,5-9,12H,3-4,10-11,13-15H2,(H,23,26)(H,24,27). The number of hydrogen-bond donors (Lipinski definition) is 2. The molecule has 3 rings (SSSR count). The smallest absolute Gasteiger partial charge is 0.251 e. The van der Waals surface area contributed by atoms with E-state index in [1.165, 1.54) is 18.4 Å². The van der Waals surface area contributed by atoms with Gasteiger partial charge in [0.05, 0.1) is 6.54 Å². The number of likely N-dealkylation sites (tertiary alicyclic amines) is 1. The zero-order chi connectivity index (χ0) is 19.1. The van der Waals surface area contributed by atoms with Gasteiger partial charge in [-0.1, -0.05) is 46.3 Å². The molecule has 1 aliphatic rings. The SMILES string of the molecule is O=C(CNC(=O)c1cccc(Br)c1)NCc1ccccc1CN1CCCC1. The Morgan fingerprint density at radius 2 is 1.70 bits per heavy atom. The highest BCUT2D eigenvalue weighted by Crippen LogP contribution is 2.16. The highest BCUT2D eigenvalue weighted by molar-refractivity contribution is 9.10. The van der Waals surface area contributed by atoms with Gasteiger partial charge in [-0.25, -0.2) is 0 Å². The summed E-state index contributed by atoms with van der Waals surface area (Å²) in [6.07, 6.45) is 2.52. The van der Waals surface area contributed by atoms with Crippen LogP contribution in [-0.2, 0) is 17.9 Å². The summed E-state index contributed by atoms with van der Waals surface area (Å²) in [5.41, 5.74) is 2.89. The molecule has 0 aromatic heterocycles. The fraction of sp³-hybridized carbons (Fsp3) is 0.333. The van der Waals surface area contributed by atoms with E-state index in [4.69, 9.17) is 0 Å². The van der Waals surface area contributed by atoms with Crippen molar-refractivity contribution in [3.05, 3.63) is 69.7 Å². The summed E-state index contributed by atoms with van der Waals surface area (Å²) < 4.78 is 0.828. The highest BCUT2D eigenvalue weighted by atomic mass is 79.9. The molecule has 1 saturated heterocycles. The molecule has 1 heterocycles. The first kappa shape index (κ1) is 19.6. The van der Waals surface area contributed by atoms with Gasteiger partial charge in [0, 0.05) is 23.1 Å². The van der Waals surface area contributed by atoms with E-state index in [0.29, 0.717) is 12.1 Å². The highest BCUT2D eigenvalue weighted by Gasteiger charge is 2.14. The summed E-state index contributed by atoms with van der Waals surface area (Å²) in [5, 5.41) is 5.56. The number of hydrogen-bond acceptors (Lipinski definition) is 3. The Balaban J connectivity index is 1.48. The van der Waals surface area contributed by atoms with E-state index in [-0.39, 0.29) is 18.4 Å². The lowest BCUT2D eigenvalue weighted by molar-refractivity contribution is -0.120. The largest absolute Gasteiger partial charge is 0.350 e. The van der Waals surface area contributed by atoms with Crippen molar-refractivity contribution in [1.29, 1.82) is 0 Å². The van der Waals surface area contributed by atoms with Gasteiger partial charge in [-0.15, -0.1) is 0 Å². The van der Waals surface area contributed by atoms with Crippen LogP contribution in [0.15, 0.2) is 53.0 Å². The number of rotatable bonds is 7. The molecule has 27 heavy (non-hydrogen) atoms. The summed E-state index contributed by atoms with van der Waals surface area (Å²) in [6.45, 7) is 3.63. The van der Waals surface area contributed by atoms with Gasteiger partial charge in [-0.05, 0) is 55.3 Å². The molecule has 2 aromatic carbocycles. The van der Waals surface area contributed by atoms with Crippen LogP contribution in [0.3, 0.4) is 0 Å². The van der Waals surface area contributed by atoms with Crippen molar-refractivity contribution in [2.75, 3.05) is 19.6 Å². The number of carbonyl (C=O) groups is 2. The molecule has 6 heteroatoms. The molecular weight excluding hydrogens is 406 g/mol. The van der Waals surface area contributed by atoms with E-state index in [0.717, 1.165) is 29.7 Å². The van der Waals surface area contributed by atoms with E-state index < -0.39 is 0 Å². The third-order valence-electron chi connectivity index (χ3n) is 4.68. The van der Waals surface area contributed by atoms with E-state index >= 15 is 0 Å². The van der Waals surface area contributed by atoms with Gasteiger partial charge in [0.15, 0.2) is 0 Å². The lowest BCUT2D eigenvalue weighted by Gasteiger charge is -2.17. The third kappa shape index (κ3) is 5.91. The van der Waals surface area contributed by atoms with Crippen molar-refractivity contribution < 1.29 is 9.59 Å². The Labute approximate surface area is 168 Å². The van der Waals surface area contributed by atoms with Crippen LogP contribution >= 0.6 is 15.9 Å². The first-order valence-electron chi connectivity index (χ1n) is 9.21. The second-order valence-electron chi connectivity index (χ2n) is 6.72. The minimum atomic E-state index is -0.263. The second kappa shape index (κ2) is 9.67. The van der Waals surface area contributed by atoms with Crippen LogP contribution in [0.1, 0.15) is 34.3 Å². The van der Waals surface area contributed by atoms with Crippen LogP contribution < -0.4 is 10.6 Å². The monoisotopic (exact) mass is 429 g/mol. The summed E-state index contributed by atoms with van der Waals surface area (Å²) in [7, 11) is 0. The van der Waals surface area contributed by atoms with Gasteiger partial charge in [0.1, 0.15) is 0 Å². The summed E-state index contributed by atoms with van der Waals surface area (Å²) >= 11 is 3.34. The fourth-order valence-corrected chi connectivity index (χ4v) is 3.61. The molecule has 0 bridgehead atoms. The molecule has 2 aromatic rings. The minimum Gasteiger partial charge on any atom is -0.350 e. The Morgan fingerprint density at radius 3 is 2.44 bits per heavy atom. The quantitative estimate of drug-likeness (QED) is 0.710. The van der Waals surface area contributed by atoms with E-state index in [1.54, 1.807) is 18.2 Å². The predicted octanol–water partition coefficient (Wildman–Crippen LogP) is 3.09. The first-order valence-corrected chi connectivity index (χ1v) is 10.0. The van der Waals surface area contributed by atoms with Crippen LogP contribution in [0.25, 0.3) is 0 Å². The van der Waals surface area contributed by atoms with Gasteiger partial charge >= 0.3 is 0 Å². The molecule has 0 saturated carbocycles. The van der Waals surface area contributed by atoms with Crippen LogP contribution in [0, 0.1) is 0 Å². The lowest BCUT2D eigenvalue weighted by atomic mass is 10.1. The minimum absolute atomic E-state index is 0.0420. The number of nitrogens with one attached hydrogen (secondary N) is 2. The zero-order valence-electron chi connectivity index (χ0n) is 15.2. The lowest BCUT2D eigenvalue weighted by Crippen LogP contribution is -2.36. The van der Waals surface area contributed by atoms with Crippen molar-refractivity contribution in [1.82, 2.24) is 15.5 Å². The Kier molecular flexibility index (Phi) is 7.01. The van der Waals surface area contributed by atoms with Crippen LogP contribution in [0.4, 0.5) is 0 Å². The Morgan fingerprint density at radius 1 is 0.963 bits per heavy atom. The number of benzene rings is 2. The van der Waals surface area contributed by atoms with Gasteiger partial charge in [0.2, 0.25) is 5.91 Å². The molecule has 0 unspecified atom stereocenters. The maximum absolute atomic E-state index is 12.1. The van der Waals surface area contributed by atoms with Crippen molar-refractivity contribution in [2.24, 2.45) is 0 Å². The number of amides is 2. The molecule has 0 atom stereocenters. The average molecular weight is 430 g/mol. The predicted molar refractivity (Wildman–Crippen MR) is 109 cm³/mol. The van der Waals surface area contributed by atoms with Crippen molar-refractivity contribution in [3.8, 4) is 0 Å². The normalized spacial score (nSPS) is 14.1. The topological polar surface area (TPSA) is 61.4 Å². The number of nitrogens with zero attached hydrogens (tertiary/aromatic N) is 1. The molecule has 5 nitrogen and oxygen atoms in total. The van der Waals surface area contributed by atoms with Gasteiger partial charge in [-0.2, -0.15) is 0 Å². The summed E-state index contributed by atoms with van der Waals surface area (Å²) in [4.78, 5) is 26.7. The molecule has 1 fully saturated rings. The molecule has 2 N–H and O–H groups in total. The second-order valence-corrected chi connectivity index (χ2v) is 7.64. The van der Waals surface area contributed by atoms with E-state index in [1.807, 2.05) is 24.3 Å². The molecule has 0 radical (unpaired) electrons. The fourth-order valence-electron chi connectivity index (χ4n) is 3.21. The van der Waals surface area contributed by atoms with Gasteiger partial charge in [0.25, 0.3) is 5.91 Å². The third-order valence-corrected chi connectivity index (χ3v) is 5.18. The summed E-state index contributed by atoms with van der Waals surface area (Å²) in [6, 6.07) is 15.3. The molecule has 0 spiro atoms. The average Bonchev–Trinajstić information content (AvgIpc) is 3.18. The van der Waals surface area contributed by atoms with Crippen LogP contribution in [0.5, 0.6) is 0 Å². The number of carbonyl (C=O) groups excluding carboxylic acids is 2. The maximum atomic E-state index is 12.1. The molecule has 2 amide bonds. The van der Waals surface area contributed by atoms with Crippen LogP contribution in [0.2, 0.25) is 0 Å². The zero-order valence-corrected chi connectivity index (χ0v) is 16.8. The van der Waals surface area contributed by atoms with Crippen molar-refractivity contribution in [2.45, 2.75) is 25.9 Å². The van der Waals surface area contributed by atoms with Gasteiger partial charge in [-0.3, -0.25) is 14.5 Å². The molecule has 0 aliphatic carbocycles. The van der Waals surface area contributed by atoms with Gasteiger partial charge < -0.3 is 10.6 Å². The van der Waals surface area contributed by atoms with Crippen molar-refractivity contribution >= 4 is 27.7 Å². The number of halogens is 1. The molecular formula is C21H24BrN3O2. The van der Waals surface area contributed by atoms with E-state index in [9.17, 15) is 9.59 Å². The Bertz CT molecular complexity index is 804. The Hall–Kier alpha value is -2.18.